The molecule has 222 valence electrons. The highest BCUT2D eigenvalue weighted by atomic mass is 16.3. The summed E-state index contributed by atoms with van der Waals surface area (Å²) in [6.45, 7) is 10.7. The van der Waals surface area contributed by atoms with Crippen molar-refractivity contribution in [2.24, 2.45) is 5.73 Å². The van der Waals surface area contributed by atoms with Crippen molar-refractivity contribution >= 4 is 34.2 Å². The molecule has 0 spiro atoms. The third-order valence-corrected chi connectivity index (χ3v) is 8.05. The molecular weight excluding hydrogens is 544 g/mol. The van der Waals surface area contributed by atoms with Gasteiger partial charge in [0.25, 0.3) is 0 Å². The lowest BCUT2D eigenvalue weighted by atomic mass is 10.1. The van der Waals surface area contributed by atoms with Crippen LogP contribution in [-0.4, -0.2) is 48.3 Å². The van der Waals surface area contributed by atoms with Crippen LogP contribution >= 0.6 is 0 Å². The fraction of sp³-hybridized carbons (Fsp3) is 0.189. The molecule has 0 radical (unpaired) electrons. The SMILES string of the molecule is C=Cc1ccc(Cn2c(CN(Cc3nc4ccccc4n3Cc3ccc(C=C)cc3)CC(O)CN)nc3ccccc32)cc1. The van der Waals surface area contributed by atoms with E-state index in [1.807, 2.05) is 48.6 Å². The number of fused-ring (bicyclic) bond motifs is 2. The summed E-state index contributed by atoms with van der Waals surface area (Å²) in [6, 6.07) is 33.3. The molecule has 3 N–H and O–H groups in total. The van der Waals surface area contributed by atoms with Crippen LogP contribution in [0.3, 0.4) is 0 Å². The van der Waals surface area contributed by atoms with Gasteiger partial charge in [-0.15, -0.1) is 0 Å². The number of aliphatic hydroxyl groups is 1. The molecule has 6 rings (SSSR count). The van der Waals surface area contributed by atoms with Crippen molar-refractivity contribution in [1.29, 1.82) is 0 Å². The molecule has 4 aromatic carbocycles. The Morgan fingerprint density at radius 3 is 1.52 bits per heavy atom. The summed E-state index contributed by atoms with van der Waals surface area (Å²) in [5, 5.41) is 10.7. The normalized spacial score (nSPS) is 12.2. The van der Waals surface area contributed by atoms with Gasteiger partial charge in [-0.2, -0.15) is 0 Å². The maximum Gasteiger partial charge on any atom is 0.124 e. The van der Waals surface area contributed by atoms with Gasteiger partial charge < -0.3 is 20.0 Å². The number of aromatic nitrogens is 4. The molecule has 7 nitrogen and oxygen atoms in total. The van der Waals surface area contributed by atoms with Crippen LogP contribution in [0.4, 0.5) is 0 Å². The van der Waals surface area contributed by atoms with Crippen molar-refractivity contribution in [3.63, 3.8) is 0 Å². The fourth-order valence-corrected chi connectivity index (χ4v) is 5.69. The molecule has 0 aliphatic rings. The summed E-state index contributed by atoms with van der Waals surface area (Å²) in [4.78, 5) is 12.3. The molecule has 0 aliphatic heterocycles. The summed E-state index contributed by atoms with van der Waals surface area (Å²) in [7, 11) is 0. The predicted molar refractivity (Wildman–Crippen MR) is 180 cm³/mol. The van der Waals surface area contributed by atoms with E-state index in [0.717, 1.165) is 44.8 Å². The van der Waals surface area contributed by atoms with Gasteiger partial charge in [-0.1, -0.05) is 98.1 Å². The first-order valence-corrected chi connectivity index (χ1v) is 15.0. The van der Waals surface area contributed by atoms with Crippen LogP contribution in [0.15, 0.2) is 110 Å². The van der Waals surface area contributed by atoms with Gasteiger partial charge in [0.2, 0.25) is 0 Å². The first-order chi connectivity index (χ1) is 21.5. The standard InChI is InChI=1S/C37H38N6O/c1-3-27-13-17-29(18-14-27)22-42-34-11-7-5-9-32(34)39-36(42)25-41(24-31(44)21-38)26-37-40-33-10-6-8-12-35(33)43(37)23-30-19-15-28(4-2)16-20-30/h3-20,31,44H,1-2,21-26,38H2. The first kappa shape index (κ1) is 29.3. The number of para-hydroxylation sites is 4. The molecule has 1 atom stereocenters. The van der Waals surface area contributed by atoms with Crippen molar-refractivity contribution in [2.75, 3.05) is 13.1 Å². The van der Waals surface area contributed by atoms with Crippen molar-refractivity contribution in [3.8, 4) is 0 Å². The van der Waals surface area contributed by atoms with Gasteiger partial charge in [0.1, 0.15) is 11.6 Å². The van der Waals surface area contributed by atoms with Crippen LogP contribution in [0.25, 0.3) is 34.2 Å². The van der Waals surface area contributed by atoms with Crippen LogP contribution in [-0.2, 0) is 26.2 Å². The Balaban J connectivity index is 1.35. The molecule has 0 bridgehead atoms. The molecule has 2 aromatic heterocycles. The summed E-state index contributed by atoms with van der Waals surface area (Å²) in [5.74, 6) is 1.84. The average molecular weight is 583 g/mol. The van der Waals surface area contributed by atoms with Gasteiger partial charge in [0, 0.05) is 26.2 Å². The number of rotatable bonds is 13. The minimum Gasteiger partial charge on any atom is -0.390 e. The van der Waals surface area contributed by atoms with Crippen molar-refractivity contribution in [1.82, 2.24) is 24.0 Å². The highest BCUT2D eigenvalue weighted by molar-refractivity contribution is 5.77. The molecular formula is C37H38N6O. The molecule has 0 fully saturated rings. The van der Waals surface area contributed by atoms with Crippen LogP contribution in [0.1, 0.15) is 33.9 Å². The van der Waals surface area contributed by atoms with E-state index in [1.165, 1.54) is 11.1 Å². The molecule has 0 saturated carbocycles. The third-order valence-electron chi connectivity index (χ3n) is 8.05. The smallest absolute Gasteiger partial charge is 0.124 e. The zero-order chi connectivity index (χ0) is 30.5. The Bertz CT molecular complexity index is 1750. The highest BCUT2D eigenvalue weighted by Crippen LogP contribution is 2.23. The molecule has 2 heterocycles. The molecule has 1 unspecified atom stereocenters. The maximum atomic E-state index is 10.7. The first-order valence-electron chi connectivity index (χ1n) is 15.0. The summed E-state index contributed by atoms with van der Waals surface area (Å²) in [5.41, 5.74) is 14.5. The lowest BCUT2D eigenvalue weighted by molar-refractivity contribution is 0.106. The van der Waals surface area contributed by atoms with Gasteiger partial charge in [0.15, 0.2) is 0 Å². The second kappa shape index (κ2) is 13.2. The molecule has 0 amide bonds. The van der Waals surface area contributed by atoms with E-state index < -0.39 is 6.10 Å². The summed E-state index contributed by atoms with van der Waals surface area (Å²) < 4.78 is 4.54. The average Bonchev–Trinajstić information content (AvgIpc) is 3.58. The number of hydrogen-bond donors (Lipinski definition) is 2. The van der Waals surface area contributed by atoms with Gasteiger partial charge in [-0.3, -0.25) is 4.90 Å². The van der Waals surface area contributed by atoms with Crippen molar-refractivity contribution < 1.29 is 5.11 Å². The van der Waals surface area contributed by atoms with Crippen molar-refractivity contribution in [3.05, 3.63) is 144 Å². The van der Waals surface area contributed by atoms with Crippen LogP contribution < -0.4 is 5.73 Å². The second-order valence-electron chi connectivity index (χ2n) is 11.2. The number of benzene rings is 4. The Morgan fingerprint density at radius 1 is 0.682 bits per heavy atom. The summed E-state index contributed by atoms with van der Waals surface area (Å²) >= 11 is 0. The number of nitrogens with two attached hydrogens (primary N) is 1. The molecule has 0 saturated heterocycles. The third kappa shape index (κ3) is 6.40. The van der Waals surface area contributed by atoms with E-state index in [1.54, 1.807) is 0 Å². The van der Waals surface area contributed by atoms with E-state index in [4.69, 9.17) is 15.7 Å². The van der Waals surface area contributed by atoms with E-state index in [9.17, 15) is 5.11 Å². The Hall–Kier alpha value is -4.82. The van der Waals surface area contributed by atoms with E-state index >= 15 is 0 Å². The van der Waals surface area contributed by atoms with Crippen LogP contribution in [0.2, 0.25) is 0 Å². The molecule has 0 aliphatic carbocycles. The van der Waals surface area contributed by atoms with E-state index in [0.29, 0.717) is 32.7 Å². The number of hydrogen-bond acceptors (Lipinski definition) is 5. The predicted octanol–water partition coefficient (Wildman–Crippen LogP) is 6.09. The number of imidazole rings is 2. The van der Waals surface area contributed by atoms with Crippen molar-refractivity contribution in [2.45, 2.75) is 32.3 Å². The number of aliphatic hydroxyl groups excluding tert-OH is 1. The van der Waals surface area contributed by atoms with E-state index in [2.05, 4.69) is 87.9 Å². The van der Waals surface area contributed by atoms with Crippen LogP contribution in [0.5, 0.6) is 0 Å². The van der Waals surface area contributed by atoms with Gasteiger partial charge in [-0.25, -0.2) is 9.97 Å². The van der Waals surface area contributed by atoms with Gasteiger partial charge in [-0.05, 0) is 46.5 Å². The second-order valence-corrected chi connectivity index (χ2v) is 11.2. The molecule has 6 aromatic rings. The maximum absolute atomic E-state index is 10.7. The lowest BCUT2D eigenvalue weighted by Gasteiger charge is -2.25. The summed E-state index contributed by atoms with van der Waals surface area (Å²) in [6.07, 6.45) is 3.03. The minimum atomic E-state index is -0.677. The van der Waals surface area contributed by atoms with Gasteiger partial charge >= 0.3 is 0 Å². The quantitative estimate of drug-likeness (QED) is 0.172. The molecule has 44 heavy (non-hydrogen) atoms. The monoisotopic (exact) mass is 582 g/mol. The largest absolute Gasteiger partial charge is 0.390 e. The highest BCUT2D eigenvalue weighted by Gasteiger charge is 2.21. The molecule has 7 heteroatoms. The zero-order valence-electron chi connectivity index (χ0n) is 24.9. The zero-order valence-corrected chi connectivity index (χ0v) is 24.9. The van der Waals surface area contributed by atoms with Crippen LogP contribution in [0, 0.1) is 0 Å². The fourth-order valence-electron chi connectivity index (χ4n) is 5.69. The topological polar surface area (TPSA) is 85.1 Å². The Labute approximate surface area is 258 Å². The Morgan fingerprint density at radius 2 is 1.11 bits per heavy atom. The van der Waals surface area contributed by atoms with Gasteiger partial charge in [0.05, 0.1) is 41.3 Å². The minimum absolute atomic E-state index is 0.175. The van der Waals surface area contributed by atoms with E-state index in [-0.39, 0.29) is 6.54 Å². The number of nitrogens with zero attached hydrogens (tertiary/aromatic N) is 5. The Kier molecular flexibility index (Phi) is 8.79. The lowest BCUT2D eigenvalue weighted by Crippen LogP contribution is -2.37.